The molecule has 1 aliphatic rings. The maximum Gasteiger partial charge on any atom is 0.0220 e. The van der Waals surface area contributed by atoms with Crippen molar-refractivity contribution in [3.63, 3.8) is 0 Å². The van der Waals surface area contributed by atoms with E-state index < -0.39 is 0 Å². The van der Waals surface area contributed by atoms with Gasteiger partial charge < -0.3 is 9.88 Å². The van der Waals surface area contributed by atoms with E-state index in [1.807, 2.05) is 0 Å². The number of rotatable bonds is 6. The number of hydrogen-bond acceptors (Lipinski definition) is 1. The highest BCUT2D eigenvalue weighted by molar-refractivity contribution is 5.10. The van der Waals surface area contributed by atoms with Crippen LogP contribution < -0.4 is 5.32 Å². The molecule has 1 fully saturated rings. The summed E-state index contributed by atoms with van der Waals surface area (Å²) < 4.78 is 2.23. The van der Waals surface area contributed by atoms with Crippen LogP contribution in [0.1, 0.15) is 38.7 Å². The van der Waals surface area contributed by atoms with Crippen LogP contribution in [0.15, 0.2) is 18.5 Å². The van der Waals surface area contributed by atoms with E-state index >= 15 is 0 Å². The third-order valence-electron chi connectivity index (χ3n) is 3.71. The molecule has 0 radical (unpaired) electrons. The third kappa shape index (κ3) is 2.63. The summed E-state index contributed by atoms with van der Waals surface area (Å²) in [5, 5.41) is 3.58. The van der Waals surface area contributed by atoms with Gasteiger partial charge in [0.15, 0.2) is 0 Å². The molecular formula is C13H22N2. The summed E-state index contributed by atoms with van der Waals surface area (Å²) >= 11 is 0. The van der Waals surface area contributed by atoms with E-state index in [0.717, 1.165) is 13.1 Å². The Morgan fingerprint density at radius 1 is 1.40 bits per heavy atom. The van der Waals surface area contributed by atoms with Gasteiger partial charge in [-0.2, -0.15) is 0 Å². The van der Waals surface area contributed by atoms with Crippen molar-refractivity contribution in [2.24, 2.45) is 5.41 Å². The van der Waals surface area contributed by atoms with Crippen molar-refractivity contribution in [2.45, 2.75) is 46.2 Å². The Morgan fingerprint density at radius 3 is 2.73 bits per heavy atom. The summed E-state index contributed by atoms with van der Waals surface area (Å²) in [5.74, 6) is 0. The Morgan fingerprint density at radius 2 is 2.20 bits per heavy atom. The minimum absolute atomic E-state index is 0.660. The molecule has 2 heteroatoms. The van der Waals surface area contributed by atoms with Gasteiger partial charge in [0, 0.05) is 32.0 Å². The second-order valence-corrected chi connectivity index (χ2v) is 4.81. The summed E-state index contributed by atoms with van der Waals surface area (Å²) in [5.41, 5.74) is 2.07. The van der Waals surface area contributed by atoms with E-state index in [-0.39, 0.29) is 0 Å². The fourth-order valence-electron chi connectivity index (χ4n) is 2.10. The van der Waals surface area contributed by atoms with Crippen LogP contribution in [0.4, 0.5) is 0 Å². The first-order valence-corrected chi connectivity index (χ1v) is 6.13. The summed E-state index contributed by atoms with van der Waals surface area (Å²) in [7, 11) is 0. The highest BCUT2D eigenvalue weighted by Crippen LogP contribution is 2.47. The van der Waals surface area contributed by atoms with Crippen molar-refractivity contribution in [1.82, 2.24) is 9.88 Å². The molecule has 1 heterocycles. The third-order valence-corrected chi connectivity index (χ3v) is 3.71. The molecule has 0 bridgehead atoms. The quantitative estimate of drug-likeness (QED) is 0.757. The lowest BCUT2D eigenvalue weighted by molar-refractivity contribution is 0.443. The molecule has 0 aliphatic heterocycles. The van der Waals surface area contributed by atoms with Crippen molar-refractivity contribution >= 4 is 0 Å². The van der Waals surface area contributed by atoms with Crippen LogP contribution in [0.5, 0.6) is 0 Å². The molecule has 0 aromatic carbocycles. The largest absolute Gasteiger partial charge is 0.354 e. The van der Waals surface area contributed by atoms with E-state index in [4.69, 9.17) is 0 Å². The molecule has 2 rings (SSSR count). The maximum absolute atomic E-state index is 3.58. The lowest BCUT2D eigenvalue weighted by Crippen LogP contribution is -2.22. The van der Waals surface area contributed by atoms with Crippen molar-refractivity contribution in [1.29, 1.82) is 0 Å². The van der Waals surface area contributed by atoms with E-state index in [2.05, 4.69) is 42.2 Å². The maximum atomic E-state index is 3.58. The van der Waals surface area contributed by atoms with Gasteiger partial charge in [-0.3, -0.25) is 0 Å². The second-order valence-electron chi connectivity index (χ2n) is 4.81. The smallest absolute Gasteiger partial charge is 0.0220 e. The van der Waals surface area contributed by atoms with Crippen LogP contribution in [0.25, 0.3) is 0 Å². The molecule has 15 heavy (non-hydrogen) atoms. The van der Waals surface area contributed by atoms with Gasteiger partial charge >= 0.3 is 0 Å². The van der Waals surface area contributed by atoms with Gasteiger partial charge in [0.1, 0.15) is 0 Å². The number of hydrogen-bond donors (Lipinski definition) is 1. The van der Waals surface area contributed by atoms with E-state index in [9.17, 15) is 0 Å². The highest BCUT2D eigenvalue weighted by Gasteiger charge is 2.39. The Balaban J connectivity index is 1.73. The predicted octanol–water partition coefficient (Wildman–Crippen LogP) is 2.79. The van der Waals surface area contributed by atoms with E-state index in [1.54, 1.807) is 0 Å². The monoisotopic (exact) mass is 206 g/mol. The van der Waals surface area contributed by atoms with E-state index in [0.29, 0.717) is 5.41 Å². The summed E-state index contributed by atoms with van der Waals surface area (Å²) in [6.45, 7) is 7.77. The Labute approximate surface area is 92.7 Å². The molecule has 0 saturated heterocycles. The molecule has 84 valence electrons. The van der Waals surface area contributed by atoms with Crippen molar-refractivity contribution in [3.05, 3.63) is 24.0 Å². The standard InChI is InChI=1S/C13H22N2/c1-3-13(6-7-13)11-14-9-12-5-8-15(4-2)10-12/h5,8,10,14H,3-4,6-7,9,11H2,1-2H3. The fraction of sp³-hybridized carbons (Fsp3) is 0.692. The molecule has 1 aromatic heterocycles. The zero-order chi connectivity index (χ0) is 10.7. The van der Waals surface area contributed by atoms with Crippen LogP contribution in [0, 0.1) is 5.41 Å². The normalized spacial score (nSPS) is 18.0. The van der Waals surface area contributed by atoms with Crippen LogP contribution in [-0.2, 0) is 13.1 Å². The van der Waals surface area contributed by atoms with Crippen LogP contribution in [0.3, 0.4) is 0 Å². The number of aryl methyl sites for hydroxylation is 1. The SMILES string of the molecule is CCn1ccc(CNCC2(CC)CC2)c1. The highest BCUT2D eigenvalue weighted by atomic mass is 14.9. The first-order chi connectivity index (χ1) is 7.28. The van der Waals surface area contributed by atoms with Crippen LogP contribution in [-0.4, -0.2) is 11.1 Å². The number of nitrogens with one attached hydrogen (secondary N) is 1. The molecule has 0 atom stereocenters. The molecular weight excluding hydrogens is 184 g/mol. The van der Waals surface area contributed by atoms with Gasteiger partial charge in [0.2, 0.25) is 0 Å². The lowest BCUT2D eigenvalue weighted by Gasteiger charge is -2.12. The topological polar surface area (TPSA) is 17.0 Å². The average Bonchev–Trinajstić information content (AvgIpc) is 2.89. The molecule has 0 spiro atoms. The summed E-state index contributed by atoms with van der Waals surface area (Å²) in [4.78, 5) is 0. The van der Waals surface area contributed by atoms with E-state index in [1.165, 1.54) is 31.4 Å². The minimum atomic E-state index is 0.660. The summed E-state index contributed by atoms with van der Waals surface area (Å²) in [6.07, 6.45) is 8.57. The molecule has 1 N–H and O–H groups in total. The molecule has 1 aliphatic carbocycles. The minimum Gasteiger partial charge on any atom is -0.354 e. The van der Waals surface area contributed by atoms with Crippen LogP contribution in [0.2, 0.25) is 0 Å². The first kappa shape index (κ1) is 10.7. The molecule has 0 amide bonds. The average molecular weight is 206 g/mol. The predicted molar refractivity (Wildman–Crippen MR) is 63.8 cm³/mol. The van der Waals surface area contributed by atoms with Crippen molar-refractivity contribution in [2.75, 3.05) is 6.54 Å². The molecule has 1 aromatic rings. The van der Waals surface area contributed by atoms with Gasteiger partial charge in [-0.25, -0.2) is 0 Å². The first-order valence-electron chi connectivity index (χ1n) is 6.13. The van der Waals surface area contributed by atoms with Gasteiger partial charge in [0.05, 0.1) is 0 Å². The molecule has 0 unspecified atom stereocenters. The zero-order valence-corrected chi connectivity index (χ0v) is 9.92. The second kappa shape index (κ2) is 4.40. The number of aromatic nitrogens is 1. The molecule has 1 saturated carbocycles. The van der Waals surface area contributed by atoms with Crippen molar-refractivity contribution < 1.29 is 0 Å². The Hall–Kier alpha value is -0.760. The zero-order valence-electron chi connectivity index (χ0n) is 9.92. The summed E-state index contributed by atoms with van der Waals surface area (Å²) in [6, 6.07) is 2.21. The van der Waals surface area contributed by atoms with Gasteiger partial charge in [-0.1, -0.05) is 6.92 Å². The van der Waals surface area contributed by atoms with Crippen molar-refractivity contribution in [3.8, 4) is 0 Å². The fourth-order valence-corrected chi connectivity index (χ4v) is 2.10. The Bertz CT molecular complexity index is 310. The molecule has 2 nitrogen and oxygen atoms in total. The number of nitrogens with zero attached hydrogens (tertiary/aromatic N) is 1. The lowest BCUT2D eigenvalue weighted by atomic mass is 10.0. The van der Waals surface area contributed by atoms with Gasteiger partial charge in [-0.05, 0) is 43.2 Å². The van der Waals surface area contributed by atoms with Gasteiger partial charge in [-0.15, -0.1) is 0 Å². The Kier molecular flexibility index (Phi) is 3.15. The van der Waals surface area contributed by atoms with Gasteiger partial charge in [0.25, 0.3) is 0 Å². The van der Waals surface area contributed by atoms with Crippen LogP contribution >= 0.6 is 0 Å².